The number of carbonyl (C=O) groups excluding carboxylic acids is 1. The molecule has 1 aliphatic heterocycles. The lowest BCUT2D eigenvalue weighted by Crippen LogP contribution is -2.37. The molecule has 0 spiro atoms. The van der Waals surface area contributed by atoms with Crippen LogP contribution in [0, 0.1) is 17.2 Å². The summed E-state index contributed by atoms with van der Waals surface area (Å²) in [6.07, 6.45) is 0.926. The van der Waals surface area contributed by atoms with Crippen molar-refractivity contribution >= 4 is 5.91 Å². The van der Waals surface area contributed by atoms with Crippen LogP contribution < -0.4 is 4.74 Å². The Labute approximate surface area is 167 Å². The summed E-state index contributed by atoms with van der Waals surface area (Å²) in [5, 5.41) is 8.89. The summed E-state index contributed by atoms with van der Waals surface area (Å²) in [6, 6.07) is 22.2. The van der Waals surface area contributed by atoms with E-state index in [1.54, 1.807) is 0 Å². The minimum Gasteiger partial charge on any atom is -0.493 e. The molecule has 1 amide bonds. The van der Waals surface area contributed by atoms with E-state index in [-0.39, 0.29) is 18.2 Å². The number of hydrogen-bond acceptors (Lipinski definition) is 4. The fraction of sp³-hybridized carbons (Fsp3) is 0.391. The van der Waals surface area contributed by atoms with E-state index in [0.717, 1.165) is 31.8 Å². The molecule has 1 heterocycles. The van der Waals surface area contributed by atoms with Crippen molar-refractivity contribution in [3.63, 3.8) is 0 Å². The van der Waals surface area contributed by atoms with Crippen molar-refractivity contribution in [1.82, 2.24) is 9.80 Å². The van der Waals surface area contributed by atoms with Gasteiger partial charge in [-0.2, -0.15) is 5.26 Å². The number of rotatable bonds is 7. The van der Waals surface area contributed by atoms with Crippen molar-refractivity contribution < 1.29 is 9.53 Å². The molecule has 5 nitrogen and oxygen atoms in total. The van der Waals surface area contributed by atoms with E-state index in [1.807, 2.05) is 47.4 Å². The molecule has 5 heteroatoms. The van der Waals surface area contributed by atoms with Gasteiger partial charge in [-0.1, -0.05) is 48.5 Å². The Morgan fingerprint density at radius 1 is 1.04 bits per heavy atom. The van der Waals surface area contributed by atoms with Gasteiger partial charge in [0.15, 0.2) is 0 Å². The Bertz CT molecular complexity index is 773. The van der Waals surface area contributed by atoms with E-state index >= 15 is 0 Å². The van der Waals surface area contributed by atoms with Gasteiger partial charge in [0.25, 0.3) is 0 Å². The third kappa shape index (κ3) is 6.11. The molecule has 0 N–H and O–H groups in total. The van der Waals surface area contributed by atoms with E-state index in [4.69, 9.17) is 10.00 Å². The molecule has 1 saturated heterocycles. The second-order valence-corrected chi connectivity index (χ2v) is 7.20. The first-order valence-electron chi connectivity index (χ1n) is 9.83. The maximum atomic E-state index is 12.3. The molecule has 0 aliphatic carbocycles. The van der Waals surface area contributed by atoms with E-state index in [2.05, 4.69) is 29.2 Å². The lowest BCUT2D eigenvalue weighted by atomic mass is 10.1. The molecule has 1 fully saturated rings. The van der Waals surface area contributed by atoms with Crippen molar-refractivity contribution in [2.24, 2.45) is 5.92 Å². The van der Waals surface area contributed by atoms with E-state index in [1.165, 1.54) is 5.56 Å². The summed E-state index contributed by atoms with van der Waals surface area (Å²) in [5.41, 5.74) is 1.32. The summed E-state index contributed by atoms with van der Waals surface area (Å²) < 4.78 is 5.97. The SMILES string of the molecule is N#CCC(=O)N1CCN(CCc2ccccc2)CC(COc2ccccc2)C1. The minimum atomic E-state index is -0.0860. The first kappa shape index (κ1) is 19.9. The average molecular weight is 377 g/mol. The lowest BCUT2D eigenvalue weighted by Gasteiger charge is -2.24. The van der Waals surface area contributed by atoms with Crippen LogP contribution in [0.4, 0.5) is 0 Å². The molecule has 1 atom stereocenters. The highest BCUT2D eigenvalue weighted by Gasteiger charge is 2.26. The largest absolute Gasteiger partial charge is 0.493 e. The average Bonchev–Trinajstić information content (AvgIpc) is 2.95. The quantitative estimate of drug-likeness (QED) is 0.744. The number of carbonyl (C=O) groups is 1. The predicted molar refractivity (Wildman–Crippen MR) is 109 cm³/mol. The van der Waals surface area contributed by atoms with Crippen molar-refractivity contribution in [1.29, 1.82) is 5.26 Å². The van der Waals surface area contributed by atoms with Crippen LogP contribution in [0.5, 0.6) is 5.75 Å². The van der Waals surface area contributed by atoms with Gasteiger partial charge in [-0.15, -0.1) is 0 Å². The van der Waals surface area contributed by atoms with E-state index in [9.17, 15) is 4.79 Å². The molecule has 1 unspecified atom stereocenters. The monoisotopic (exact) mass is 377 g/mol. The van der Waals surface area contributed by atoms with Crippen LogP contribution in [0.15, 0.2) is 60.7 Å². The summed E-state index contributed by atoms with van der Waals surface area (Å²) in [5.74, 6) is 0.968. The number of hydrogen-bond donors (Lipinski definition) is 0. The third-order valence-corrected chi connectivity index (χ3v) is 5.05. The summed E-state index contributed by atoms with van der Waals surface area (Å²) in [7, 11) is 0. The molecule has 146 valence electrons. The van der Waals surface area contributed by atoms with Crippen molar-refractivity contribution in [3.05, 3.63) is 66.2 Å². The minimum absolute atomic E-state index is 0.0592. The number of amides is 1. The Hall–Kier alpha value is -2.84. The number of nitrogens with zero attached hydrogens (tertiary/aromatic N) is 3. The molecular weight excluding hydrogens is 350 g/mol. The first-order chi connectivity index (χ1) is 13.7. The van der Waals surface area contributed by atoms with Crippen molar-refractivity contribution in [3.8, 4) is 11.8 Å². The van der Waals surface area contributed by atoms with Gasteiger partial charge < -0.3 is 14.5 Å². The second kappa shape index (κ2) is 10.5. The van der Waals surface area contributed by atoms with Gasteiger partial charge in [0.05, 0.1) is 12.7 Å². The fourth-order valence-corrected chi connectivity index (χ4v) is 3.56. The van der Waals surface area contributed by atoms with Crippen LogP contribution in [0.25, 0.3) is 0 Å². The number of benzene rings is 2. The summed E-state index contributed by atoms with van der Waals surface area (Å²) in [4.78, 5) is 16.5. The maximum absolute atomic E-state index is 12.3. The lowest BCUT2D eigenvalue weighted by molar-refractivity contribution is -0.130. The Morgan fingerprint density at radius 3 is 2.46 bits per heavy atom. The van der Waals surface area contributed by atoms with Gasteiger partial charge in [0, 0.05) is 38.6 Å². The van der Waals surface area contributed by atoms with Crippen LogP contribution in [0.3, 0.4) is 0 Å². The zero-order chi connectivity index (χ0) is 19.6. The first-order valence-corrected chi connectivity index (χ1v) is 9.83. The van der Waals surface area contributed by atoms with Crippen LogP contribution >= 0.6 is 0 Å². The number of para-hydroxylation sites is 1. The zero-order valence-electron chi connectivity index (χ0n) is 16.2. The Morgan fingerprint density at radius 2 is 1.75 bits per heavy atom. The fourth-order valence-electron chi connectivity index (χ4n) is 3.56. The second-order valence-electron chi connectivity index (χ2n) is 7.20. The molecule has 2 aromatic rings. The van der Waals surface area contributed by atoms with Gasteiger partial charge in [-0.3, -0.25) is 4.79 Å². The van der Waals surface area contributed by atoms with Crippen LogP contribution in [0.1, 0.15) is 12.0 Å². The molecule has 0 radical (unpaired) electrons. The summed E-state index contributed by atoms with van der Waals surface area (Å²) in [6.45, 7) is 4.52. The van der Waals surface area contributed by atoms with E-state index in [0.29, 0.717) is 19.7 Å². The molecular formula is C23H27N3O2. The number of ether oxygens (including phenoxy) is 1. The Balaban J connectivity index is 1.61. The molecule has 0 saturated carbocycles. The smallest absolute Gasteiger partial charge is 0.236 e. The normalized spacial score (nSPS) is 17.5. The van der Waals surface area contributed by atoms with Crippen LogP contribution in [-0.2, 0) is 11.2 Å². The Kier molecular flexibility index (Phi) is 7.45. The molecule has 0 bridgehead atoms. The third-order valence-electron chi connectivity index (χ3n) is 5.05. The highest BCUT2D eigenvalue weighted by molar-refractivity contribution is 5.78. The molecule has 0 aromatic heterocycles. The maximum Gasteiger partial charge on any atom is 0.236 e. The van der Waals surface area contributed by atoms with Gasteiger partial charge in [-0.05, 0) is 24.1 Å². The molecule has 3 rings (SSSR count). The topological polar surface area (TPSA) is 56.6 Å². The van der Waals surface area contributed by atoms with Gasteiger partial charge in [0.1, 0.15) is 12.2 Å². The van der Waals surface area contributed by atoms with Crippen molar-refractivity contribution in [2.45, 2.75) is 12.8 Å². The molecule has 2 aromatic carbocycles. The predicted octanol–water partition coefficient (Wildman–Crippen LogP) is 2.98. The molecule has 28 heavy (non-hydrogen) atoms. The van der Waals surface area contributed by atoms with Gasteiger partial charge in [-0.25, -0.2) is 0 Å². The highest BCUT2D eigenvalue weighted by atomic mass is 16.5. The van der Waals surface area contributed by atoms with Crippen LogP contribution in [0.2, 0.25) is 0 Å². The molecule has 1 aliphatic rings. The van der Waals surface area contributed by atoms with Crippen LogP contribution in [-0.4, -0.2) is 55.0 Å². The zero-order valence-corrected chi connectivity index (χ0v) is 16.2. The van der Waals surface area contributed by atoms with Gasteiger partial charge in [0.2, 0.25) is 5.91 Å². The van der Waals surface area contributed by atoms with E-state index < -0.39 is 0 Å². The summed E-state index contributed by atoms with van der Waals surface area (Å²) >= 11 is 0. The van der Waals surface area contributed by atoms with Crippen molar-refractivity contribution in [2.75, 3.05) is 39.3 Å². The standard InChI is InChI=1S/C23H27N3O2/c24-13-11-23(27)26-16-15-25(14-12-20-7-3-1-4-8-20)17-21(18-26)19-28-22-9-5-2-6-10-22/h1-10,21H,11-12,14-19H2. The highest BCUT2D eigenvalue weighted by Crippen LogP contribution is 2.15. The van der Waals surface area contributed by atoms with Gasteiger partial charge >= 0.3 is 0 Å². The number of nitriles is 1.